The van der Waals surface area contributed by atoms with Crippen LogP contribution < -0.4 is 0 Å². The lowest BCUT2D eigenvalue weighted by Gasteiger charge is -2.26. The summed E-state index contributed by atoms with van der Waals surface area (Å²) >= 11 is 0. The van der Waals surface area contributed by atoms with Gasteiger partial charge < -0.3 is 4.90 Å². The van der Waals surface area contributed by atoms with Gasteiger partial charge in [-0.05, 0) is 33.9 Å². The van der Waals surface area contributed by atoms with Crippen molar-refractivity contribution < 1.29 is 0 Å². The molecule has 2 nitrogen and oxygen atoms in total. The minimum absolute atomic E-state index is 0.728. The first-order chi connectivity index (χ1) is 7.95. The van der Waals surface area contributed by atoms with Crippen molar-refractivity contribution in [3.05, 3.63) is 23.8 Å². The molecule has 0 rings (SSSR count). The Morgan fingerprint density at radius 1 is 1.18 bits per heavy atom. The molecule has 100 valence electrons. The summed E-state index contributed by atoms with van der Waals surface area (Å²) in [4.78, 5) is 4.79. The molecule has 2 heteroatoms. The Morgan fingerprint density at radius 2 is 1.82 bits per heavy atom. The second-order valence-corrected chi connectivity index (χ2v) is 5.47. The fraction of sp³-hybridized carbons (Fsp3) is 0.733. The van der Waals surface area contributed by atoms with E-state index in [0.717, 1.165) is 25.6 Å². The molecule has 0 atom stereocenters. The molecule has 0 aromatic rings. The molecule has 0 saturated carbocycles. The minimum atomic E-state index is 0.728. The minimum Gasteiger partial charge on any atom is -0.308 e. The Hall–Kier alpha value is -0.600. The number of likely N-dealkylation sites (N-methyl/N-ethyl adjacent to an activating group) is 1. The molecule has 0 aliphatic carbocycles. The number of hydrogen-bond donors (Lipinski definition) is 0. The van der Waals surface area contributed by atoms with E-state index in [1.54, 1.807) is 0 Å². The van der Waals surface area contributed by atoms with Gasteiger partial charge in [-0.1, -0.05) is 37.6 Å². The summed E-state index contributed by atoms with van der Waals surface area (Å²) in [6.45, 7) is 13.4. The molecule has 0 heterocycles. The van der Waals surface area contributed by atoms with Crippen LogP contribution in [0, 0.1) is 5.92 Å². The van der Waals surface area contributed by atoms with Gasteiger partial charge in [-0.2, -0.15) is 0 Å². The Morgan fingerprint density at radius 3 is 2.29 bits per heavy atom. The third kappa shape index (κ3) is 10.3. The van der Waals surface area contributed by atoms with E-state index in [0.29, 0.717) is 0 Å². The van der Waals surface area contributed by atoms with Gasteiger partial charge in [-0.3, -0.25) is 4.90 Å². The summed E-state index contributed by atoms with van der Waals surface area (Å²) in [5, 5.41) is 0. The molecule has 0 aromatic heterocycles. The predicted molar refractivity (Wildman–Crippen MR) is 78.4 cm³/mol. The monoisotopic (exact) mass is 238 g/mol. The quantitative estimate of drug-likeness (QED) is 0.600. The zero-order valence-corrected chi connectivity index (χ0v) is 12.5. The molecule has 0 N–H and O–H groups in total. The zero-order valence-electron chi connectivity index (χ0n) is 12.5. The van der Waals surface area contributed by atoms with E-state index in [1.165, 1.54) is 12.1 Å². The van der Waals surface area contributed by atoms with Crippen LogP contribution in [0.1, 0.15) is 27.7 Å². The maximum absolute atomic E-state index is 2.54. The first kappa shape index (κ1) is 16.4. The van der Waals surface area contributed by atoms with E-state index < -0.39 is 0 Å². The third-order valence-corrected chi connectivity index (χ3v) is 2.53. The highest BCUT2D eigenvalue weighted by Crippen LogP contribution is 2.04. The average molecular weight is 238 g/mol. The van der Waals surface area contributed by atoms with Crippen molar-refractivity contribution in [2.45, 2.75) is 27.7 Å². The smallest absolute Gasteiger partial charge is 0.0193 e. The fourth-order valence-electron chi connectivity index (χ4n) is 1.76. The molecule has 0 aliphatic rings. The van der Waals surface area contributed by atoms with Gasteiger partial charge in [0.15, 0.2) is 0 Å². The van der Waals surface area contributed by atoms with E-state index >= 15 is 0 Å². The van der Waals surface area contributed by atoms with Crippen molar-refractivity contribution in [3.8, 4) is 0 Å². The highest BCUT2D eigenvalue weighted by molar-refractivity contribution is 5.11. The van der Waals surface area contributed by atoms with Crippen LogP contribution in [-0.4, -0.2) is 50.1 Å². The summed E-state index contributed by atoms with van der Waals surface area (Å²) in [5.41, 5.74) is 1.43. The summed E-state index contributed by atoms with van der Waals surface area (Å²) in [5.74, 6) is 0.728. The molecular formula is C15H30N2. The van der Waals surface area contributed by atoms with Crippen LogP contribution in [-0.2, 0) is 0 Å². The highest BCUT2D eigenvalue weighted by atomic mass is 15.2. The summed E-state index contributed by atoms with van der Waals surface area (Å²) in [6, 6.07) is 0. The van der Waals surface area contributed by atoms with Crippen molar-refractivity contribution in [2.24, 2.45) is 5.92 Å². The van der Waals surface area contributed by atoms with Gasteiger partial charge >= 0.3 is 0 Å². The Bertz CT molecular complexity index is 239. The maximum Gasteiger partial charge on any atom is 0.0193 e. The van der Waals surface area contributed by atoms with Crippen molar-refractivity contribution in [1.29, 1.82) is 0 Å². The van der Waals surface area contributed by atoms with Crippen LogP contribution >= 0.6 is 0 Å². The van der Waals surface area contributed by atoms with Gasteiger partial charge in [0.05, 0.1) is 0 Å². The molecular weight excluding hydrogens is 208 g/mol. The summed E-state index contributed by atoms with van der Waals surface area (Å²) < 4.78 is 0. The number of allylic oxidation sites excluding steroid dienone is 3. The molecule has 0 unspecified atom stereocenters. The zero-order chi connectivity index (χ0) is 13.3. The second kappa shape index (κ2) is 9.43. The number of rotatable bonds is 8. The number of nitrogens with zero attached hydrogens (tertiary/aromatic N) is 2. The van der Waals surface area contributed by atoms with Gasteiger partial charge in [-0.15, -0.1) is 0 Å². The lowest BCUT2D eigenvalue weighted by atomic mass is 10.2. The van der Waals surface area contributed by atoms with Crippen LogP contribution in [0.3, 0.4) is 0 Å². The average Bonchev–Trinajstić information content (AvgIpc) is 2.22. The molecule has 0 saturated heterocycles. The molecule has 0 aliphatic heterocycles. The van der Waals surface area contributed by atoms with Gasteiger partial charge in [0, 0.05) is 26.2 Å². The van der Waals surface area contributed by atoms with Gasteiger partial charge in [0.1, 0.15) is 0 Å². The van der Waals surface area contributed by atoms with Gasteiger partial charge in [0.2, 0.25) is 0 Å². The molecule has 0 bridgehead atoms. The molecule has 0 amide bonds. The van der Waals surface area contributed by atoms with Crippen molar-refractivity contribution in [1.82, 2.24) is 9.80 Å². The SMILES string of the molecule is C/C=C\C=C(/C)CN(CCN(C)C)CC(C)C. The summed E-state index contributed by atoms with van der Waals surface area (Å²) in [6.07, 6.45) is 6.41. The van der Waals surface area contributed by atoms with Crippen molar-refractivity contribution in [3.63, 3.8) is 0 Å². The second-order valence-electron chi connectivity index (χ2n) is 5.47. The lowest BCUT2D eigenvalue weighted by Crippen LogP contribution is -2.35. The largest absolute Gasteiger partial charge is 0.308 e. The van der Waals surface area contributed by atoms with Crippen LogP contribution in [0.25, 0.3) is 0 Å². The van der Waals surface area contributed by atoms with E-state index in [9.17, 15) is 0 Å². The standard InChI is InChI=1S/C15H30N2/c1-7-8-9-15(4)13-17(12-14(2)3)11-10-16(5)6/h7-9,14H,10-13H2,1-6H3/b8-7-,15-9+. The third-order valence-electron chi connectivity index (χ3n) is 2.53. The van der Waals surface area contributed by atoms with Crippen LogP contribution in [0.2, 0.25) is 0 Å². The Kier molecular flexibility index (Phi) is 9.10. The lowest BCUT2D eigenvalue weighted by molar-refractivity contribution is 0.234. The highest BCUT2D eigenvalue weighted by Gasteiger charge is 2.07. The van der Waals surface area contributed by atoms with E-state index in [4.69, 9.17) is 0 Å². The molecule has 17 heavy (non-hydrogen) atoms. The first-order valence-corrected chi connectivity index (χ1v) is 6.61. The topological polar surface area (TPSA) is 6.48 Å². The molecule has 0 fully saturated rings. The van der Waals surface area contributed by atoms with Crippen LogP contribution in [0.5, 0.6) is 0 Å². The predicted octanol–water partition coefficient (Wildman–Crippen LogP) is 3.03. The normalized spacial score (nSPS) is 13.6. The molecule has 0 aromatic carbocycles. The van der Waals surface area contributed by atoms with E-state index in [1.807, 2.05) is 0 Å². The van der Waals surface area contributed by atoms with Crippen molar-refractivity contribution >= 4 is 0 Å². The van der Waals surface area contributed by atoms with Gasteiger partial charge in [0.25, 0.3) is 0 Å². The molecule has 0 spiro atoms. The first-order valence-electron chi connectivity index (χ1n) is 6.61. The molecule has 0 radical (unpaired) electrons. The van der Waals surface area contributed by atoms with Crippen LogP contribution in [0.15, 0.2) is 23.8 Å². The van der Waals surface area contributed by atoms with Crippen molar-refractivity contribution in [2.75, 3.05) is 40.3 Å². The van der Waals surface area contributed by atoms with Crippen LogP contribution in [0.4, 0.5) is 0 Å². The summed E-state index contributed by atoms with van der Waals surface area (Å²) in [7, 11) is 4.27. The Labute approximate surface area is 108 Å². The Balaban J connectivity index is 4.26. The maximum atomic E-state index is 2.54. The van der Waals surface area contributed by atoms with Gasteiger partial charge in [-0.25, -0.2) is 0 Å². The van der Waals surface area contributed by atoms with E-state index in [-0.39, 0.29) is 0 Å². The number of hydrogen-bond acceptors (Lipinski definition) is 2. The van der Waals surface area contributed by atoms with E-state index in [2.05, 4.69) is 69.8 Å². The fourth-order valence-corrected chi connectivity index (χ4v) is 1.76.